The fraction of sp³-hybridized carbons (Fsp3) is 0.375. The predicted molar refractivity (Wildman–Crippen MR) is 170 cm³/mol. The number of esters is 2. The second-order valence-electron chi connectivity index (χ2n) is 11.8. The standard InChI is InChI=1S/C32H36Cl2N2O9/c1-31(2,3)44-27(38)18-43-36(23-10-8-19(9-11-23)16-35-30(40)45-32(4,5)6)26(37)17-42-25-14-21(29(39)41-7)12-20-13-22(33)15-24(34)28(20)25/h8-15H,16-18H2,1-7H3,(H,35,40). The van der Waals surface area contributed by atoms with Crippen molar-refractivity contribution in [3.8, 4) is 5.75 Å². The lowest BCUT2D eigenvalue weighted by atomic mass is 10.1. The zero-order valence-electron chi connectivity index (χ0n) is 26.1. The van der Waals surface area contributed by atoms with Crippen LogP contribution in [0.4, 0.5) is 10.5 Å². The number of hydroxylamine groups is 1. The number of carbonyl (C=O) groups is 4. The first-order chi connectivity index (χ1) is 21.0. The van der Waals surface area contributed by atoms with Crippen molar-refractivity contribution < 1.29 is 43.0 Å². The molecule has 0 aliphatic carbocycles. The van der Waals surface area contributed by atoms with Crippen molar-refractivity contribution in [3.63, 3.8) is 0 Å². The highest BCUT2D eigenvalue weighted by molar-refractivity contribution is 6.39. The number of hydrogen-bond acceptors (Lipinski definition) is 9. The Labute approximate surface area is 271 Å². The summed E-state index contributed by atoms with van der Waals surface area (Å²) in [7, 11) is 1.24. The number of fused-ring (bicyclic) bond motifs is 1. The van der Waals surface area contributed by atoms with Crippen LogP contribution in [0.2, 0.25) is 10.0 Å². The molecule has 0 aromatic heterocycles. The molecule has 0 fully saturated rings. The molecule has 1 N–H and O–H groups in total. The number of amides is 2. The Morgan fingerprint density at radius 3 is 2.09 bits per heavy atom. The molecule has 11 nitrogen and oxygen atoms in total. The number of anilines is 1. The van der Waals surface area contributed by atoms with Crippen LogP contribution in [0.15, 0.2) is 48.5 Å². The van der Waals surface area contributed by atoms with Gasteiger partial charge in [-0.05, 0) is 88.9 Å². The Morgan fingerprint density at radius 2 is 1.49 bits per heavy atom. The Kier molecular flexibility index (Phi) is 11.7. The molecule has 0 atom stereocenters. The first kappa shape index (κ1) is 35.4. The summed E-state index contributed by atoms with van der Waals surface area (Å²) in [6.07, 6.45) is -0.576. The highest BCUT2D eigenvalue weighted by atomic mass is 35.5. The maximum absolute atomic E-state index is 13.5. The molecule has 0 radical (unpaired) electrons. The van der Waals surface area contributed by atoms with Crippen molar-refractivity contribution in [1.82, 2.24) is 5.32 Å². The lowest BCUT2D eigenvalue weighted by Gasteiger charge is -2.24. The number of nitrogens with zero attached hydrogens (tertiary/aromatic N) is 1. The molecular formula is C32H36Cl2N2O9. The molecular weight excluding hydrogens is 627 g/mol. The Hall–Kier alpha value is -4.06. The van der Waals surface area contributed by atoms with Gasteiger partial charge in [0.2, 0.25) is 0 Å². The van der Waals surface area contributed by atoms with Crippen molar-refractivity contribution in [3.05, 3.63) is 69.7 Å². The van der Waals surface area contributed by atoms with E-state index in [1.165, 1.54) is 19.2 Å². The zero-order chi connectivity index (χ0) is 33.5. The zero-order valence-corrected chi connectivity index (χ0v) is 27.6. The SMILES string of the molecule is COC(=O)c1cc(OCC(=O)N(OCC(=O)OC(C)(C)C)c2ccc(CNC(=O)OC(C)(C)C)cc2)c2c(Cl)cc(Cl)cc2c1. The van der Waals surface area contributed by atoms with Gasteiger partial charge < -0.3 is 24.3 Å². The molecule has 3 aromatic rings. The molecule has 3 rings (SSSR count). The number of ether oxygens (including phenoxy) is 4. The van der Waals surface area contributed by atoms with Crippen LogP contribution in [0.1, 0.15) is 57.5 Å². The predicted octanol–water partition coefficient (Wildman–Crippen LogP) is 6.64. The lowest BCUT2D eigenvalue weighted by Crippen LogP contribution is -2.38. The van der Waals surface area contributed by atoms with E-state index in [9.17, 15) is 19.2 Å². The van der Waals surface area contributed by atoms with Crippen LogP contribution in [-0.2, 0) is 35.2 Å². The molecule has 45 heavy (non-hydrogen) atoms. The molecule has 0 saturated carbocycles. The van der Waals surface area contributed by atoms with Gasteiger partial charge in [0.05, 0.1) is 23.4 Å². The van der Waals surface area contributed by atoms with E-state index in [0.29, 0.717) is 21.4 Å². The van der Waals surface area contributed by atoms with E-state index in [0.717, 1.165) is 5.06 Å². The number of benzene rings is 3. The van der Waals surface area contributed by atoms with Gasteiger partial charge in [0.25, 0.3) is 5.91 Å². The summed E-state index contributed by atoms with van der Waals surface area (Å²) in [5.74, 6) is -1.90. The maximum atomic E-state index is 13.5. The summed E-state index contributed by atoms with van der Waals surface area (Å²) in [5, 5.41) is 5.05. The molecule has 0 saturated heterocycles. The molecule has 3 aromatic carbocycles. The van der Waals surface area contributed by atoms with Crippen molar-refractivity contribution in [2.24, 2.45) is 0 Å². The monoisotopic (exact) mass is 662 g/mol. The van der Waals surface area contributed by atoms with Crippen molar-refractivity contribution in [2.75, 3.05) is 25.4 Å². The van der Waals surface area contributed by atoms with Crippen LogP contribution in [0, 0.1) is 0 Å². The van der Waals surface area contributed by atoms with E-state index in [4.69, 9.17) is 47.0 Å². The highest BCUT2D eigenvalue weighted by Crippen LogP contribution is 2.36. The third kappa shape index (κ3) is 10.8. The first-order valence-electron chi connectivity index (χ1n) is 13.8. The van der Waals surface area contributed by atoms with Gasteiger partial charge in [-0.3, -0.25) is 9.63 Å². The van der Waals surface area contributed by atoms with E-state index < -0.39 is 48.4 Å². The van der Waals surface area contributed by atoms with E-state index in [2.05, 4.69) is 5.32 Å². The number of halogens is 2. The lowest BCUT2D eigenvalue weighted by molar-refractivity contribution is -0.161. The van der Waals surface area contributed by atoms with Gasteiger partial charge in [0.15, 0.2) is 13.2 Å². The minimum absolute atomic E-state index is 0.124. The summed E-state index contributed by atoms with van der Waals surface area (Å²) >= 11 is 12.6. The minimum atomic E-state index is -0.769. The Balaban J connectivity index is 1.85. The van der Waals surface area contributed by atoms with Gasteiger partial charge in [0.1, 0.15) is 17.0 Å². The first-order valence-corrected chi connectivity index (χ1v) is 14.6. The molecule has 242 valence electrons. The average molecular weight is 664 g/mol. The largest absolute Gasteiger partial charge is 0.483 e. The van der Waals surface area contributed by atoms with E-state index in [1.807, 2.05) is 0 Å². The van der Waals surface area contributed by atoms with Gasteiger partial charge in [-0.2, -0.15) is 5.06 Å². The molecule has 13 heteroatoms. The molecule has 0 unspecified atom stereocenters. The smallest absolute Gasteiger partial charge is 0.407 e. The minimum Gasteiger partial charge on any atom is -0.483 e. The number of methoxy groups -OCH3 is 1. The van der Waals surface area contributed by atoms with Gasteiger partial charge in [-0.25, -0.2) is 14.4 Å². The molecule has 0 spiro atoms. The van der Waals surface area contributed by atoms with Gasteiger partial charge in [0, 0.05) is 17.0 Å². The summed E-state index contributed by atoms with van der Waals surface area (Å²) in [5.41, 5.74) is -0.284. The molecule has 2 amide bonds. The maximum Gasteiger partial charge on any atom is 0.407 e. The molecule has 0 aliphatic rings. The van der Waals surface area contributed by atoms with Crippen LogP contribution < -0.4 is 15.1 Å². The van der Waals surface area contributed by atoms with E-state index in [-0.39, 0.29) is 28.6 Å². The average Bonchev–Trinajstić information content (AvgIpc) is 2.92. The summed E-state index contributed by atoms with van der Waals surface area (Å²) < 4.78 is 21.3. The highest BCUT2D eigenvalue weighted by Gasteiger charge is 2.24. The van der Waals surface area contributed by atoms with Crippen LogP contribution in [-0.4, -0.2) is 55.5 Å². The van der Waals surface area contributed by atoms with Crippen LogP contribution in [0.3, 0.4) is 0 Å². The fourth-order valence-corrected chi connectivity index (χ4v) is 4.56. The second kappa shape index (κ2) is 14.8. The Morgan fingerprint density at radius 1 is 0.844 bits per heavy atom. The summed E-state index contributed by atoms with van der Waals surface area (Å²) in [6.45, 7) is 9.41. The number of carbonyl (C=O) groups excluding carboxylic acids is 4. The number of hydrogen-bond donors (Lipinski definition) is 1. The Bertz CT molecular complexity index is 1560. The third-order valence-electron chi connectivity index (χ3n) is 5.67. The fourth-order valence-electron chi connectivity index (χ4n) is 3.95. The van der Waals surface area contributed by atoms with Crippen molar-refractivity contribution in [2.45, 2.75) is 59.3 Å². The topological polar surface area (TPSA) is 130 Å². The summed E-state index contributed by atoms with van der Waals surface area (Å²) in [6, 6.07) is 12.5. The van der Waals surface area contributed by atoms with E-state index >= 15 is 0 Å². The van der Waals surface area contributed by atoms with Crippen molar-refractivity contribution >= 4 is 63.6 Å². The number of alkyl carbamates (subject to hydrolysis) is 1. The van der Waals surface area contributed by atoms with Crippen LogP contribution in [0.25, 0.3) is 10.8 Å². The van der Waals surface area contributed by atoms with Gasteiger partial charge >= 0.3 is 18.0 Å². The van der Waals surface area contributed by atoms with Crippen LogP contribution >= 0.6 is 23.2 Å². The third-order valence-corrected chi connectivity index (χ3v) is 6.18. The van der Waals surface area contributed by atoms with Crippen molar-refractivity contribution in [1.29, 1.82) is 0 Å². The van der Waals surface area contributed by atoms with Gasteiger partial charge in [-0.15, -0.1) is 0 Å². The van der Waals surface area contributed by atoms with Crippen LogP contribution in [0.5, 0.6) is 5.75 Å². The molecule has 0 aliphatic heterocycles. The molecule has 0 bridgehead atoms. The van der Waals surface area contributed by atoms with Gasteiger partial charge in [-0.1, -0.05) is 35.3 Å². The normalized spacial score (nSPS) is 11.5. The summed E-state index contributed by atoms with van der Waals surface area (Å²) in [4.78, 5) is 55.9. The molecule has 0 heterocycles. The number of nitrogens with one attached hydrogen (secondary N) is 1. The number of rotatable bonds is 10. The van der Waals surface area contributed by atoms with E-state index in [1.54, 1.807) is 77.9 Å². The second-order valence-corrected chi connectivity index (χ2v) is 12.7. The quantitative estimate of drug-likeness (QED) is 0.144.